The van der Waals surface area contributed by atoms with E-state index in [0.29, 0.717) is 13.1 Å². The molecule has 3 N–H and O–H groups in total. The number of nitrogens with one attached hydrogen (secondary N) is 3. The lowest BCUT2D eigenvalue weighted by molar-refractivity contribution is 0.0904. The molecule has 0 saturated carbocycles. The maximum atomic E-state index is 12.4. The molecule has 1 amide bonds. The summed E-state index contributed by atoms with van der Waals surface area (Å²) >= 11 is 1.84. The number of piperidine rings is 1. The van der Waals surface area contributed by atoms with Gasteiger partial charge in [0.2, 0.25) is 0 Å². The minimum Gasteiger partial charge on any atom is -0.349 e. The number of fused-ring (bicyclic) bond motifs is 1. The van der Waals surface area contributed by atoms with Gasteiger partial charge in [-0.3, -0.25) is 14.5 Å². The molecule has 0 radical (unpaired) electrons. The van der Waals surface area contributed by atoms with Crippen molar-refractivity contribution in [3.63, 3.8) is 0 Å². The van der Waals surface area contributed by atoms with Crippen LogP contribution in [-0.4, -0.2) is 62.0 Å². The topological polar surface area (TPSA) is 116 Å². The van der Waals surface area contributed by atoms with Crippen molar-refractivity contribution in [2.45, 2.75) is 44.0 Å². The number of rotatable bonds is 6. The quantitative estimate of drug-likeness (QED) is 0.623. The first-order valence-electron chi connectivity index (χ1n) is 10.1. The second-order valence-electron chi connectivity index (χ2n) is 7.53. The monoisotopic (exact) mass is 418 g/mol. The largest absolute Gasteiger partial charge is 0.349 e. The van der Waals surface area contributed by atoms with E-state index in [1.807, 2.05) is 11.8 Å². The Morgan fingerprint density at radius 3 is 3.03 bits per heavy atom. The van der Waals surface area contributed by atoms with E-state index in [1.54, 1.807) is 10.7 Å². The highest BCUT2D eigenvalue weighted by atomic mass is 32.2. The molecule has 0 spiro atoms. The second kappa shape index (κ2) is 9.00. The van der Waals surface area contributed by atoms with E-state index in [0.717, 1.165) is 61.5 Å². The Hall–Kier alpha value is -2.33. The number of hydrogen-bond acceptors (Lipinski definition) is 6. The molecule has 2 aromatic rings. The number of thioether (sulfide) groups is 1. The van der Waals surface area contributed by atoms with Gasteiger partial charge in [-0.2, -0.15) is 16.9 Å². The Morgan fingerprint density at radius 2 is 2.21 bits per heavy atom. The van der Waals surface area contributed by atoms with Crippen molar-refractivity contribution in [2.75, 3.05) is 25.4 Å². The fraction of sp³-hybridized carbons (Fsp3) is 0.579. The fourth-order valence-electron chi connectivity index (χ4n) is 3.98. The number of hydrogen-bond donors (Lipinski definition) is 3. The average molecular weight is 419 g/mol. The first-order chi connectivity index (χ1) is 14.1. The predicted octanol–water partition coefficient (Wildman–Crippen LogP) is 0.334. The van der Waals surface area contributed by atoms with Crippen molar-refractivity contribution in [3.8, 4) is 0 Å². The molecule has 4 rings (SSSR count). The van der Waals surface area contributed by atoms with Gasteiger partial charge >= 0.3 is 5.69 Å². The molecule has 0 aliphatic carbocycles. The maximum absolute atomic E-state index is 12.4. The highest BCUT2D eigenvalue weighted by Gasteiger charge is 2.23. The third kappa shape index (κ3) is 4.81. The number of carbonyl (C=O) groups excluding carboxylic acids is 1. The molecular formula is C19H26N6O3S. The van der Waals surface area contributed by atoms with E-state index in [1.165, 1.54) is 6.20 Å². The van der Waals surface area contributed by atoms with Gasteiger partial charge in [0, 0.05) is 43.6 Å². The number of imidazole rings is 1. The summed E-state index contributed by atoms with van der Waals surface area (Å²) in [5, 5.41) is 7.50. The van der Waals surface area contributed by atoms with Crippen LogP contribution in [0.25, 0.3) is 0 Å². The fourth-order valence-corrected chi connectivity index (χ4v) is 4.93. The summed E-state index contributed by atoms with van der Waals surface area (Å²) in [5.41, 5.74) is 1.93. The van der Waals surface area contributed by atoms with Gasteiger partial charge in [-0.25, -0.2) is 9.48 Å². The Kier molecular flexibility index (Phi) is 6.19. The Bertz CT molecular complexity index is 981. The van der Waals surface area contributed by atoms with E-state index in [4.69, 9.17) is 0 Å². The molecule has 10 heteroatoms. The van der Waals surface area contributed by atoms with E-state index in [-0.39, 0.29) is 23.2 Å². The van der Waals surface area contributed by atoms with Crippen LogP contribution in [0.4, 0.5) is 0 Å². The number of likely N-dealkylation sites (tertiary alicyclic amines) is 1. The van der Waals surface area contributed by atoms with Gasteiger partial charge in [0.05, 0.1) is 12.2 Å². The molecule has 1 saturated heterocycles. The van der Waals surface area contributed by atoms with Crippen LogP contribution in [0.5, 0.6) is 0 Å². The van der Waals surface area contributed by atoms with Gasteiger partial charge in [-0.1, -0.05) is 6.42 Å². The minimum absolute atomic E-state index is 0.0375. The lowest BCUT2D eigenvalue weighted by atomic mass is 10.0. The molecule has 0 aromatic carbocycles. The second-order valence-corrected chi connectivity index (χ2v) is 8.64. The lowest BCUT2D eigenvalue weighted by Crippen LogP contribution is -2.48. The number of nitrogens with zero attached hydrogens (tertiary/aromatic N) is 3. The highest BCUT2D eigenvalue weighted by molar-refractivity contribution is 7.98. The summed E-state index contributed by atoms with van der Waals surface area (Å²) in [6.07, 6.45) is 5.52. The maximum Gasteiger partial charge on any atom is 0.323 e. The van der Waals surface area contributed by atoms with Crippen LogP contribution in [0.15, 0.2) is 21.9 Å². The van der Waals surface area contributed by atoms with E-state index >= 15 is 0 Å². The van der Waals surface area contributed by atoms with Gasteiger partial charge in [0.1, 0.15) is 5.69 Å². The molecule has 1 atom stereocenters. The summed E-state index contributed by atoms with van der Waals surface area (Å²) < 4.78 is 1.59. The number of aryl methyl sites for hydroxylation is 1. The average Bonchev–Trinajstić information content (AvgIpc) is 3.17. The van der Waals surface area contributed by atoms with Crippen LogP contribution >= 0.6 is 11.8 Å². The normalized spacial score (nSPS) is 19.7. The van der Waals surface area contributed by atoms with Crippen molar-refractivity contribution < 1.29 is 4.79 Å². The van der Waals surface area contributed by atoms with Crippen molar-refractivity contribution in [1.82, 2.24) is 30.0 Å². The number of amides is 1. The Labute approximate surface area is 172 Å². The van der Waals surface area contributed by atoms with Crippen molar-refractivity contribution >= 4 is 17.7 Å². The molecule has 2 aromatic heterocycles. The summed E-state index contributed by atoms with van der Waals surface area (Å²) in [5.74, 6) is 1.64. The number of carbonyl (C=O) groups is 1. The van der Waals surface area contributed by atoms with Crippen LogP contribution in [-0.2, 0) is 18.7 Å². The standard InChI is InChI=1S/C19H26N6O3S/c26-17-9-13-12-29-8-4-15(13)23-25(17)7-6-24-5-2-1-3-14(24)10-20-18(27)16-11-21-19(28)22-16/h9,11,14H,1-8,10,12H2,(H,20,27)(H2,21,22,28). The van der Waals surface area contributed by atoms with Crippen molar-refractivity contribution in [2.24, 2.45) is 0 Å². The minimum atomic E-state index is -0.393. The van der Waals surface area contributed by atoms with Gasteiger partial charge in [-0.15, -0.1) is 0 Å². The molecule has 2 aliphatic rings. The van der Waals surface area contributed by atoms with E-state index in [2.05, 4.69) is 25.3 Å². The van der Waals surface area contributed by atoms with Crippen molar-refractivity contribution in [1.29, 1.82) is 0 Å². The zero-order valence-corrected chi connectivity index (χ0v) is 17.1. The number of aromatic nitrogens is 4. The number of aromatic amines is 2. The molecule has 4 heterocycles. The third-order valence-corrected chi connectivity index (χ3v) is 6.60. The van der Waals surface area contributed by atoms with Gasteiger partial charge < -0.3 is 15.3 Å². The molecule has 29 heavy (non-hydrogen) atoms. The van der Waals surface area contributed by atoms with Crippen LogP contribution in [0.2, 0.25) is 0 Å². The highest BCUT2D eigenvalue weighted by Crippen LogP contribution is 2.21. The molecule has 2 aliphatic heterocycles. The van der Waals surface area contributed by atoms with Crippen LogP contribution < -0.4 is 16.6 Å². The number of H-pyrrole nitrogens is 2. The van der Waals surface area contributed by atoms with Gasteiger partial charge in [0.25, 0.3) is 11.5 Å². The smallest absolute Gasteiger partial charge is 0.323 e. The Balaban J connectivity index is 1.36. The summed E-state index contributed by atoms with van der Waals surface area (Å²) in [4.78, 5) is 43.0. The van der Waals surface area contributed by atoms with E-state index in [9.17, 15) is 14.4 Å². The summed E-state index contributed by atoms with van der Waals surface area (Å²) in [6.45, 7) is 2.73. The molecule has 156 valence electrons. The zero-order valence-electron chi connectivity index (χ0n) is 16.3. The van der Waals surface area contributed by atoms with Crippen LogP contribution in [0.3, 0.4) is 0 Å². The Morgan fingerprint density at radius 1 is 1.31 bits per heavy atom. The molecule has 1 unspecified atom stereocenters. The first-order valence-corrected chi connectivity index (χ1v) is 11.2. The third-order valence-electron chi connectivity index (χ3n) is 5.59. The summed E-state index contributed by atoms with van der Waals surface area (Å²) in [6, 6.07) is 1.95. The van der Waals surface area contributed by atoms with Gasteiger partial charge in [-0.05, 0) is 30.7 Å². The summed E-state index contributed by atoms with van der Waals surface area (Å²) in [7, 11) is 0. The van der Waals surface area contributed by atoms with Crippen LogP contribution in [0, 0.1) is 0 Å². The SMILES string of the molecule is O=C(NCC1CCCCN1CCn1nc2c(cc1=O)CSCC2)c1c[nH]c(=O)[nH]1. The molecular weight excluding hydrogens is 392 g/mol. The van der Waals surface area contributed by atoms with Gasteiger partial charge in [0.15, 0.2) is 0 Å². The molecule has 1 fully saturated rings. The van der Waals surface area contributed by atoms with Crippen LogP contribution in [0.1, 0.15) is 41.0 Å². The first kappa shape index (κ1) is 20.0. The lowest BCUT2D eigenvalue weighted by Gasteiger charge is -2.35. The zero-order chi connectivity index (χ0) is 20.2. The molecule has 9 nitrogen and oxygen atoms in total. The van der Waals surface area contributed by atoms with E-state index < -0.39 is 5.69 Å². The van der Waals surface area contributed by atoms with Crippen molar-refractivity contribution in [3.05, 3.63) is 50.1 Å². The molecule has 0 bridgehead atoms. The predicted molar refractivity (Wildman–Crippen MR) is 111 cm³/mol.